The molecule has 0 N–H and O–H groups in total. The number of likely N-dealkylation sites (tertiary alicyclic amines) is 1. The Morgan fingerprint density at radius 1 is 1.19 bits per heavy atom. The number of nitrogens with zero attached hydrogens (tertiary/aromatic N) is 3. The van der Waals surface area contributed by atoms with E-state index in [0.717, 1.165) is 59.9 Å². The second-order valence-electron chi connectivity index (χ2n) is 7.94. The fourth-order valence-electron chi connectivity index (χ4n) is 4.11. The summed E-state index contributed by atoms with van der Waals surface area (Å²) in [5.41, 5.74) is 1.51. The van der Waals surface area contributed by atoms with E-state index < -0.39 is 0 Å². The molecule has 0 atom stereocenters. The number of nitro groups is 1. The van der Waals surface area contributed by atoms with Gasteiger partial charge in [0.25, 0.3) is 0 Å². The third kappa shape index (κ3) is 5.84. The minimum absolute atomic E-state index is 0.219. The molecule has 0 amide bonds. The molecule has 4 rings (SSSR count). The summed E-state index contributed by atoms with van der Waals surface area (Å²) in [6.07, 6.45) is 6.86. The minimum atomic E-state index is -0.327. The van der Waals surface area contributed by atoms with Gasteiger partial charge in [0.1, 0.15) is 5.82 Å². The van der Waals surface area contributed by atoms with Crippen molar-refractivity contribution in [3.8, 4) is 0 Å². The highest BCUT2D eigenvalue weighted by atomic mass is 32.2. The van der Waals surface area contributed by atoms with Crippen molar-refractivity contribution in [3.05, 3.63) is 52.0 Å². The van der Waals surface area contributed by atoms with E-state index in [1.807, 2.05) is 6.07 Å². The van der Waals surface area contributed by atoms with Crippen molar-refractivity contribution < 1.29 is 13.8 Å². The zero-order valence-corrected chi connectivity index (χ0v) is 18.9. The Labute approximate surface area is 188 Å². The maximum Gasteiger partial charge on any atom is 0.325 e. The Kier molecular flexibility index (Phi) is 7.58. The van der Waals surface area contributed by atoms with Crippen molar-refractivity contribution in [2.45, 2.75) is 48.7 Å². The monoisotopic (exact) mass is 463 g/mol. The molecule has 0 aliphatic carbocycles. The fraction of sp³-hybridized carbons (Fsp3) is 0.500. The Bertz CT molecular complexity index is 1010. The summed E-state index contributed by atoms with van der Waals surface area (Å²) in [5, 5.41) is 16.1. The van der Waals surface area contributed by atoms with Gasteiger partial charge in [-0.2, -0.15) is 0 Å². The summed E-state index contributed by atoms with van der Waals surface area (Å²) < 4.78 is 19.7. The minimum Gasteiger partial charge on any atom is -0.356 e. The number of unbranched alkanes of at least 4 members (excludes halogenated alkanes) is 3. The van der Waals surface area contributed by atoms with Crippen LogP contribution in [0, 0.1) is 15.9 Å². The number of hydrogen-bond acceptors (Lipinski definition) is 7. The maximum atomic E-state index is 13.3. The lowest BCUT2D eigenvalue weighted by Gasteiger charge is -2.31. The number of fused-ring (bicyclic) bond motifs is 1. The number of piperidine rings is 1. The third-order valence-electron chi connectivity index (χ3n) is 5.80. The molecule has 3 aromatic rings. The van der Waals surface area contributed by atoms with Gasteiger partial charge < -0.3 is 9.42 Å². The molecular weight excluding hydrogens is 437 g/mol. The van der Waals surface area contributed by atoms with Gasteiger partial charge in [-0.1, -0.05) is 29.3 Å². The van der Waals surface area contributed by atoms with Crippen molar-refractivity contribution in [2.75, 3.05) is 25.4 Å². The summed E-state index contributed by atoms with van der Waals surface area (Å²) in [4.78, 5) is 12.9. The Morgan fingerprint density at radius 3 is 2.77 bits per heavy atom. The van der Waals surface area contributed by atoms with Crippen LogP contribution in [0.2, 0.25) is 0 Å². The van der Waals surface area contributed by atoms with Gasteiger partial charge >= 0.3 is 5.00 Å². The molecule has 0 spiro atoms. The van der Waals surface area contributed by atoms with Gasteiger partial charge in [0.2, 0.25) is 0 Å². The molecule has 1 aliphatic heterocycles. The molecule has 0 saturated carbocycles. The van der Waals surface area contributed by atoms with E-state index in [4.69, 9.17) is 4.52 Å². The van der Waals surface area contributed by atoms with Crippen LogP contribution in [0.4, 0.5) is 9.39 Å². The summed E-state index contributed by atoms with van der Waals surface area (Å²) in [5.74, 6) is 1.10. The zero-order chi connectivity index (χ0) is 21.6. The lowest BCUT2D eigenvalue weighted by Crippen LogP contribution is -2.33. The van der Waals surface area contributed by atoms with E-state index in [2.05, 4.69) is 10.1 Å². The third-order valence-corrected chi connectivity index (χ3v) is 8.14. The van der Waals surface area contributed by atoms with Crippen molar-refractivity contribution in [1.29, 1.82) is 0 Å². The second-order valence-corrected chi connectivity index (χ2v) is 10.4. The van der Waals surface area contributed by atoms with Crippen molar-refractivity contribution in [2.24, 2.45) is 0 Å². The van der Waals surface area contributed by atoms with Gasteiger partial charge in [-0.05, 0) is 69.3 Å². The number of thioether (sulfide) groups is 1. The van der Waals surface area contributed by atoms with Crippen molar-refractivity contribution in [1.82, 2.24) is 10.1 Å². The molecule has 166 valence electrons. The zero-order valence-electron chi connectivity index (χ0n) is 17.3. The normalized spacial score (nSPS) is 15.6. The number of hydrogen-bond donors (Lipinski definition) is 0. The highest BCUT2D eigenvalue weighted by molar-refractivity contribution is 8.01. The molecule has 31 heavy (non-hydrogen) atoms. The number of rotatable bonds is 10. The van der Waals surface area contributed by atoms with Gasteiger partial charge in [0.05, 0.1) is 14.8 Å². The van der Waals surface area contributed by atoms with Crippen LogP contribution in [-0.2, 0) is 0 Å². The van der Waals surface area contributed by atoms with Crippen LogP contribution in [-0.4, -0.2) is 40.4 Å². The van der Waals surface area contributed by atoms with Crippen LogP contribution in [0.5, 0.6) is 0 Å². The van der Waals surface area contributed by atoms with Gasteiger partial charge in [-0.15, -0.1) is 11.8 Å². The predicted molar refractivity (Wildman–Crippen MR) is 123 cm³/mol. The molecule has 9 heteroatoms. The molecule has 6 nitrogen and oxygen atoms in total. The lowest BCUT2D eigenvalue weighted by molar-refractivity contribution is -0.380. The van der Waals surface area contributed by atoms with Crippen LogP contribution in [0.3, 0.4) is 0 Å². The predicted octanol–water partition coefficient (Wildman–Crippen LogP) is 6.47. The smallest absolute Gasteiger partial charge is 0.325 e. The van der Waals surface area contributed by atoms with E-state index in [-0.39, 0.29) is 15.7 Å². The van der Waals surface area contributed by atoms with Crippen LogP contribution >= 0.6 is 23.1 Å². The summed E-state index contributed by atoms with van der Waals surface area (Å²) in [6.45, 7) is 3.25. The first-order chi connectivity index (χ1) is 15.1. The quantitative estimate of drug-likeness (QED) is 0.148. The van der Waals surface area contributed by atoms with Gasteiger partial charge in [-0.3, -0.25) is 10.1 Å². The standard InChI is InChI=1S/C22H26FN3O3S2/c23-17-5-6-18-19(15-17)29-24-22(18)16-9-12-25(13-10-16)11-3-1-2-4-14-30-21-8-7-20(31-21)26(27)28/h5-8,15-16H,1-4,9-14H2. The topological polar surface area (TPSA) is 72.4 Å². The van der Waals surface area contributed by atoms with Crippen molar-refractivity contribution >= 4 is 39.1 Å². The first-order valence-corrected chi connectivity index (χ1v) is 12.5. The summed E-state index contributed by atoms with van der Waals surface area (Å²) in [6, 6.07) is 8.09. The van der Waals surface area contributed by atoms with Gasteiger partial charge in [0, 0.05) is 23.4 Å². The lowest BCUT2D eigenvalue weighted by atomic mass is 9.91. The van der Waals surface area contributed by atoms with Crippen LogP contribution in [0.15, 0.2) is 39.1 Å². The molecule has 0 unspecified atom stereocenters. The van der Waals surface area contributed by atoms with Crippen LogP contribution < -0.4 is 0 Å². The molecular formula is C22H26FN3O3S2. The molecule has 2 aromatic heterocycles. The Balaban J connectivity index is 1.10. The SMILES string of the molecule is O=[N+]([O-])c1ccc(SCCCCCCN2CCC(c3noc4cc(F)ccc34)CC2)s1. The largest absolute Gasteiger partial charge is 0.356 e. The molecule has 1 aromatic carbocycles. The molecule has 0 bridgehead atoms. The van der Waals surface area contributed by atoms with Crippen LogP contribution in [0.1, 0.15) is 50.1 Å². The molecule has 1 fully saturated rings. The fourth-order valence-corrected chi connectivity index (χ4v) is 6.11. The molecule has 3 heterocycles. The second kappa shape index (κ2) is 10.6. The van der Waals surface area contributed by atoms with E-state index in [9.17, 15) is 14.5 Å². The van der Waals surface area contributed by atoms with Crippen molar-refractivity contribution in [3.63, 3.8) is 0 Å². The molecule has 1 saturated heterocycles. The van der Waals surface area contributed by atoms with E-state index in [0.29, 0.717) is 11.5 Å². The highest BCUT2D eigenvalue weighted by Gasteiger charge is 2.24. The number of benzene rings is 1. The Hall–Kier alpha value is -1.97. The van der Waals surface area contributed by atoms with E-state index in [1.54, 1.807) is 23.9 Å². The summed E-state index contributed by atoms with van der Waals surface area (Å²) in [7, 11) is 0. The Morgan fingerprint density at radius 2 is 2.00 bits per heavy atom. The number of thiophene rings is 1. The highest BCUT2D eigenvalue weighted by Crippen LogP contribution is 2.34. The van der Waals surface area contributed by atoms with Crippen LogP contribution in [0.25, 0.3) is 11.0 Å². The van der Waals surface area contributed by atoms with E-state index in [1.165, 1.54) is 42.7 Å². The maximum absolute atomic E-state index is 13.3. The van der Waals surface area contributed by atoms with Gasteiger partial charge in [0.15, 0.2) is 5.58 Å². The number of halogens is 1. The van der Waals surface area contributed by atoms with Gasteiger partial charge in [-0.25, -0.2) is 4.39 Å². The molecule has 1 aliphatic rings. The molecule has 0 radical (unpaired) electrons. The average Bonchev–Trinajstić information content (AvgIpc) is 3.40. The number of aromatic nitrogens is 1. The average molecular weight is 464 g/mol. The van der Waals surface area contributed by atoms with E-state index >= 15 is 0 Å². The first-order valence-electron chi connectivity index (χ1n) is 10.7. The summed E-state index contributed by atoms with van der Waals surface area (Å²) >= 11 is 2.97. The first kappa shape index (κ1) is 22.2.